The Morgan fingerprint density at radius 1 is 1.21 bits per heavy atom. The second-order valence-electron chi connectivity index (χ2n) is 5.24. The van der Waals surface area contributed by atoms with Gasteiger partial charge in [-0.15, -0.1) is 0 Å². The molecule has 122 valence electrons. The van der Waals surface area contributed by atoms with Crippen LogP contribution in [0.5, 0.6) is 5.75 Å². The number of amides is 1. The van der Waals surface area contributed by atoms with Crippen molar-refractivity contribution in [1.82, 2.24) is 9.78 Å². The first-order chi connectivity index (χ1) is 11.6. The number of carbonyl (C=O) groups is 1. The maximum atomic E-state index is 12.6. The van der Waals surface area contributed by atoms with Gasteiger partial charge in [-0.2, -0.15) is 5.10 Å². The number of hydrogen-bond acceptors (Lipinski definition) is 3. The number of nitrogens with one attached hydrogen (secondary N) is 1. The molecule has 0 atom stereocenters. The Balaban J connectivity index is 1.90. The molecule has 0 spiro atoms. The molecule has 0 bridgehead atoms. The molecule has 3 aromatic rings. The Kier molecular flexibility index (Phi) is 4.84. The fourth-order valence-corrected chi connectivity index (χ4v) is 2.97. The summed E-state index contributed by atoms with van der Waals surface area (Å²) in [5.74, 6) is 0.130. The number of para-hydroxylation sites is 1. The van der Waals surface area contributed by atoms with E-state index < -0.39 is 0 Å². The fourth-order valence-electron chi connectivity index (χ4n) is 2.33. The van der Waals surface area contributed by atoms with Crippen LogP contribution in [0.3, 0.4) is 0 Å². The van der Waals surface area contributed by atoms with E-state index in [2.05, 4.69) is 33.0 Å². The summed E-state index contributed by atoms with van der Waals surface area (Å²) >= 11 is 2.24. The van der Waals surface area contributed by atoms with Crippen molar-refractivity contribution < 1.29 is 9.53 Å². The molecule has 1 aromatic heterocycles. The van der Waals surface area contributed by atoms with Gasteiger partial charge in [0.25, 0.3) is 5.91 Å². The van der Waals surface area contributed by atoms with Gasteiger partial charge in [0, 0.05) is 9.26 Å². The molecule has 0 aliphatic heterocycles. The average Bonchev–Trinajstić information content (AvgIpc) is 3.02. The van der Waals surface area contributed by atoms with Crippen LogP contribution in [0.15, 0.2) is 54.7 Å². The zero-order valence-electron chi connectivity index (χ0n) is 13.3. The lowest BCUT2D eigenvalue weighted by Crippen LogP contribution is -2.15. The Bertz CT molecular complexity index is 875. The van der Waals surface area contributed by atoms with Gasteiger partial charge >= 0.3 is 0 Å². The van der Waals surface area contributed by atoms with Crippen LogP contribution in [0.2, 0.25) is 0 Å². The molecule has 6 heteroatoms. The van der Waals surface area contributed by atoms with E-state index in [-0.39, 0.29) is 11.6 Å². The number of halogens is 1. The van der Waals surface area contributed by atoms with Crippen LogP contribution >= 0.6 is 22.6 Å². The second kappa shape index (κ2) is 7.04. The van der Waals surface area contributed by atoms with Crippen LogP contribution < -0.4 is 10.1 Å². The summed E-state index contributed by atoms with van der Waals surface area (Å²) in [5.41, 5.74) is 2.87. The SMILES string of the molecule is COc1cn(-c2ccccc2)nc1C(=O)Nc1ccc(I)cc1C. The van der Waals surface area contributed by atoms with E-state index in [9.17, 15) is 4.79 Å². The summed E-state index contributed by atoms with van der Waals surface area (Å²) in [6, 6.07) is 15.4. The predicted molar refractivity (Wildman–Crippen MR) is 102 cm³/mol. The summed E-state index contributed by atoms with van der Waals surface area (Å²) < 4.78 is 8.06. The van der Waals surface area contributed by atoms with E-state index in [1.54, 1.807) is 10.9 Å². The number of benzene rings is 2. The number of nitrogens with zero attached hydrogens (tertiary/aromatic N) is 2. The van der Waals surface area contributed by atoms with Gasteiger partial charge in [-0.3, -0.25) is 4.79 Å². The van der Waals surface area contributed by atoms with E-state index >= 15 is 0 Å². The Labute approximate surface area is 153 Å². The van der Waals surface area contributed by atoms with Crippen LogP contribution in [0.1, 0.15) is 16.1 Å². The summed E-state index contributed by atoms with van der Waals surface area (Å²) in [4.78, 5) is 12.6. The molecular formula is C18H16IN3O2. The highest BCUT2D eigenvalue weighted by Crippen LogP contribution is 2.23. The maximum absolute atomic E-state index is 12.6. The first-order valence-electron chi connectivity index (χ1n) is 7.35. The topological polar surface area (TPSA) is 56.2 Å². The molecule has 0 unspecified atom stereocenters. The minimum atomic E-state index is -0.300. The predicted octanol–water partition coefficient (Wildman–Crippen LogP) is 4.05. The second-order valence-corrected chi connectivity index (χ2v) is 6.49. The molecule has 1 heterocycles. The molecule has 1 N–H and O–H groups in total. The Hall–Kier alpha value is -2.35. The Morgan fingerprint density at radius 3 is 2.62 bits per heavy atom. The number of carbonyl (C=O) groups excluding carboxylic acids is 1. The molecule has 0 saturated heterocycles. The lowest BCUT2D eigenvalue weighted by Gasteiger charge is -2.08. The first-order valence-corrected chi connectivity index (χ1v) is 8.43. The molecule has 5 nitrogen and oxygen atoms in total. The summed E-state index contributed by atoms with van der Waals surface area (Å²) in [6.07, 6.45) is 1.70. The van der Waals surface area contributed by atoms with Crippen molar-refractivity contribution in [2.24, 2.45) is 0 Å². The normalized spacial score (nSPS) is 10.5. The third kappa shape index (κ3) is 3.43. The molecule has 0 aliphatic rings. The van der Waals surface area contributed by atoms with Gasteiger partial charge in [0.1, 0.15) is 0 Å². The van der Waals surface area contributed by atoms with E-state index in [1.165, 1.54) is 7.11 Å². The lowest BCUT2D eigenvalue weighted by molar-refractivity contribution is 0.101. The molecule has 0 fully saturated rings. The van der Waals surface area contributed by atoms with Crippen molar-refractivity contribution in [3.63, 3.8) is 0 Å². The van der Waals surface area contributed by atoms with Gasteiger partial charge in [0.2, 0.25) is 0 Å². The first kappa shape index (κ1) is 16.5. The molecular weight excluding hydrogens is 417 g/mol. The minimum absolute atomic E-state index is 0.249. The third-order valence-electron chi connectivity index (χ3n) is 3.57. The standard InChI is InChI=1S/C18H16IN3O2/c1-12-10-13(19)8-9-15(12)20-18(23)17-16(24-2)11-22(21-17)14-6-4-3-5-7-14/h3-11H,1-2H3,(H,20,23). The molecule has 24 heavy (non-hydrogen) atoms. The molecule has 3 rings (SSSR count). The summed E-state index contributed by atoms with van der Waals surface area (Å²) in [5, 5.41) is 7.27. The number of aromatic nitrogens is 2. The minimum Gasteiger partial charge on any atom is -0.493 e. The van der Waals surface area contributed by atoms with Crippen LogP contribution in [-0.2, 0) is 0 Å². The van der Waals surface area contributed by atoms with Gasteiger partial charge in [0.05, 0.1) is 19.0 Å². The van der Waals surface area contributed by atoms with Crippen LogP contribution in [0.25, 0.3) is 5.69 Å². The van der Waals surface area contributed by atoms with Crippen molar-refractivity contribution in [1.29, 1.82) is 0 Å². The monoisotopic (exact) mass is 433 g/mol. The number of hydrogen-bond donors (Lipinski definition) is 1. The Morgan fingerprint density at radius 2 is 1.96 bits per heavy atom. The average molecular weight is 433 g/mol. The number of rotatable bonds is 4. The van der Waals surface area contributed by atoms with Gasteiger partial charge in [-0.05, 0) is 65.4 Å². The molecule has 0 aliphatic carbocycles. The number of anilines is 1. The van der Waals surface area contributed by atoms with Gasteiger partial charge in [0.15, 0.2) is 11.4 Å². The van der Waals surface area contributed by atoms with Crippen LogP contribution in [0.4, 0.5) is 5.69 Å². The van der Waals surface area contributed by atoms with E-state index in [0.29, 0.717) is 5.75 Å². The highest BCUT2D eigenvalue weighted by molar-refractivity contribution is 14.1. The van der Waals surface area contributed by atoms with E-state index in [1.807, 2.05) is 55.5 Å². The zero-order chi connectivity index (χ0) is 17.1. The van der Waals surface area contributed by atoms with Crippen LogP contribution in [-0.4, -0.2) is 22.8 Å². The van der Waals surface area contributed by atoms with Gasteiger partial charge in [-0.25, -0.2) is 4.68 Å². The summed E-state index contributed by atoms with van der Waals surface area (Å²) in [7, 11) is 1.53. The van der Waals surface area contributed by atoms with Crippen molar-refractivity contribution >= 4 is 34.2 Å². The van der Waals surface area contributed by atoms with Crippen molar-refractivity contribution in [3.8, 4) is 11.4 Å². The largest absolute Gasteiger partial charge is 0.493 e. The lowest BCUT2D eigenvalue weighted by atomic mass is 10.2. The number of ether oxygens (including phenoxy) is 1. The quantitative estimate of drug-likeness (QED) is 0.632. The van der Waals surface area contributed by atoms with Gasteiger partial charge in [-0.1, -0.05) is 18.2 Å². The third-order valence-corrected chi connectivity index (χ3v) is 4.24. The van der Waals surface area contributed by atoms with Crippen molar-refractivity contribution in [2.45, 2.75) is 6.92 Å². The van der Waals surface area contributed by atoms with Crippen LogP contribution in [0, 0.1) is 10.5 Å². The highest BCUT2D eigenvalue weighted by atomic mass is 127. The molecule has 0 radical (unpaired) electrons. The van der Waals surface area contributed by atoms with E-state index in [4.69, 9.17) is 4.74 Å². The maximum Gasteiger partial charge on any atom is 0.280 e. The fraction of sp³-hybridized carbons (Fsp3) is 0.111. The van der Waals surface area contributed by atoms with Gasteiger partial charge < -0.3 is 10.1 Å². The van der Waals surface area contributed by atoms with Crippen molar-refractivity contribution in [2.75, 3.05) is 12.4 Å². The number of methoxy groups -OCH3 is 1. The summed E-state index contributed by atoms with van der Waals surface area (Å²) in [6.45, 7) is 1.96. The zero-order valence-corrected chi connectivity index (χ0v) is 15.4. The van der Waals surface area contributed by atoms with Crippen molar-refractivity contribution in [3.05, 3.63) is 69.6 Å². The molecule has 1 amide bonds. The molecule has 2 aromatic carbocycles. The highest BCUT2D eigenvalue weighted by Gasteiger charge is 2.19. The number of aryl methyl sites for hydroxylation is 1. The molecule has 0 saturated carbocycles. The smallest absolute Gasteiger partial charge is 0.280 e. The van der Waals surface area contributed by atoms with E-state index in [0.717, 1.165) is 20.5 Å².